The molecule has 7 heteroatoms. The normalized spacial score (nSPS) is 11.2. The molecule has 2 aromatic rings. The lowest BCUT2D eigenvalue weighted by Crippen LogP contribution is -2.28. The van der Waals surface area contributed by atoms with Crippen molar-refractivity contribution in [1.82, 2.24) is 10.0 Å². The molecular formula is C20H26N2O4S. The van der Waals surface area contributed by atoms with Crippen molar-refractivity contribution in [3.63, 3.8) is 0 Å². The van der Waals surface area contributed by atoms with Crippen LogP contribution in [0.15, 0.2) is 53.4 Å². The standard InChI is InChI=1S/C20H26N2O4S/c1-3-22-27(24,25)18-10-11-19(16(2)15-18)26-14-13-21-20(23)12-9-17-7-5-4-6-8-17/h4-8,10-11,15,22H,3,9,12-14H2,1-2H3,(H,21,23). The fraction of sp³-hybridized carbons (Fsp3) is 0.350. The Labute approximate surface area is 161 Å². The predicted octanol–water partition coefficient (Wildman–Crippen LogP) is 2.42. The molecule has 6 nitrogen and oxygen atoms in total. The van der Waals surface area contributed by atoms with Gasteiger partial charge in [0.2, 0.25) is 15.9 Å². The van der Waals surface area contributed by atoms with Crippen LogP contribution >= 0.6 is 0 Å². The van der Waals surface area contributed by atoms with Gasteiger partial charge in [0, 0.05) is 13.0 Å². The molecule has 0 unspecified atom stereocenters. The summed E-state index contributed by atoms with van der Waals surface area (Å²) in [6, 6.07) is 14.6. The van der Waals surface area contributed by atoms with E-state index < -0.39 is 10.0 Å². The van der Waals surface area contributed by atoms with E-state index in [1.807, 2.05) is 30.3 Å². The van der Waals surface area contributed by atoms with Crippen LogP contribution in [0.1, 0.15) is 24.5 Å². The zero-order valence-electron chi connectivity index (χ0n) is 15.7. The number of amides is 1. The van der Waals surface area contributed by atoms with Crippen LogP contribution in [-0.2, 0) is 21.2 Å². The highest BCUT2D eigenvalue weighted by molar-refractivity contribution is 7.89. The Morgan fingerprint density at radius 2 is 1.85 bits per heavy atom. The maximum absolute atomic E-state index is 12.0. The van der Waals surface area contributed by atoms with Crippen LogP contribution in [0.2, 0.25) is 0 Å². The Morgan fingerprint density at radius 3 is 2.52 bits per heavy atom. The molecule has 0 spiro atoms. The van der Waals surface area contributed by atoms with E-state index in [0.29, 0.717) is 38.3 Å². The Bertz CT molecular complexity index is 852. The van der Waals surface area contributed by atoms with Crippen LogP contribution < -0.4 is 14.8 Å². The van der Waals surface area contributed by atoms with Gasteiger partial charge in [0.15, 0.2) is 0 Å². The maximum Gasteiger partial charge on any atom is 0.240 e. The molecule has 0 aliphatic carbocycles. The van der Waals surface area contributed by atoms with Crippen molar-refractivity contribution in [2.24, 2.45) is 0 Å². The number of aryl methyl sites for hydroxylation is 2. The van der Waals surface area contributed by atoms with Crippen molar-refractivity contribution in [1.29, 1.82) is 0 Å². The summed E-state index contributed by atoms with van der Waals surface area (Å²) in [7, 11) is -3.48. The van der Waals surface area contributed by atoms with Gasteiger partial charge < -0.3 is 10.1 Å². The number of hydrogen-bond acceptors (Lipinski definition) is 4. The summed E-state index contributed by atoms with van der Waals surface area (Å²) in [4.78, 5) is 12.1. The first-order chi connectivity index (χ1) is 12.9. The van der Waals surface area contributed by atoms with Gasteiger partial charge in [-0.25, -0.2) is 13.1 Å². The number of ether oxygens (including phenoxy) is 1. The highest BCUT2D eigenvalue weighted by Gasteiger charge is 2.14. The van der Waals surface area contributed by atoms with Crippen molar-refractivity contribution in [2.45, 2.75) is 31.6 Å². The fourth-order valence-corrected chi connectivity index (χ4v) is 3.69. The number of benzene rings is 2. The molecule has 2 rings (SSSR count). The van der Waals surface area contributed by atoms with Gasteiger partial charge in [0.25, 0.3) is 0 Å². The van der Waals surface area contributed by atoms with E-state index in [1.54, 1.807) is 26.0 Å². The number of hydrogen-bond donors (Lipinski definition) is 2. The third-order valence-electron chi connectivity index (χ3n) is 3.96. The molecule has 0 aliphatic rings. The quantitative estimate of drug-likeness (QED) is 0.610. The van der Waals surface area contributed by atoms with Crippen LogP contribution in [0.25, 0.3) is 0 Å². The Morgan fingerprint density at radius 1 is 1.11 bits per heavy atom. The summed E-state index contributed by atoms with van der Waals surface area (Å²) in [6.07, 6.45) is 1.13. The average molecular weight is 391 g/mol. The number of carbonyl (C=O) groups is 1. The van der Waals surface area contributed by atoms with Crippen LogP contribution in [0, 0.1) is 6.92 Å². The molecule has 0 fully saturated rings. The zero-order valence-corrected chi connectivity index (χ0v) is 16.5. The molecule has 2 aromatic carbocycles. The SMILES string of the molecule is CCNS(=O)(=O)c1ccc(OCCNC(=O)CCc2ccccc2)c(C)c1. The van der Waals surface area contributed by atoms with Gasteiger partial charge in [0.1, 0.15) is 12.4 Å². The fourth-order valence-electron chi connectivity index (χ4n) is 2.57. The van der Waals surface area contributed by atoms with Crippen molar-refractivity contribution in [3.8, 4) is 5.75 Å². The van der Waals surface area contributed by atoms with Crippen molar-refractivity contribution in [2.75, 3.05) is 19.7 Å². The van der Waals surface area contributed by atoms with Crippen LogP contribution in [-0.4, -0.2) is 34.0 Å². The van der Waals surface area contributed by atoms with E-state index in [0.717, 1.165) is 11.1 Å². The first kappa shape index (κ1) is 20.9. The van der Waals surface area contributed by atoms with Gasteiger partial charge in [-0.05, 0) is 42.7 Å². The minimum absolute atomic E-state index is 0.0220. The summed E-state index contributed by atoms with van der Waals surface area (Å²) in [5.74, 6) is 0.579. The Balaban J connectivity index is 1.76. The largest absolute Gasteiger partial charge is 0.491 e. The molecular weight excluding hydrogens is 364 g/mol. The summed E-state index contributed by atoms with van der Waals surface area (Å²) < 4.78 is 32.1. The van der Waals surface area contributed by atoms with Crippen molar-refractivity contribution < 1.29 is 17.9 Å². The molecule has 1 amide bonds. The van der Waals surface area contributed by atoms with Gasteiger partial charge in [-0.3, -0.25) is 4.79 Å². The maximum atomic E-state index is 12.0. The molecule has 0 aliphatic heterocycles. The second-order valence-corrected chi connectivity index (χ2v) is 7.88. The first-order valence-electron chi connectivity index (χ1n) is 8.96. The zero-order chi connectivity index (χ0) is 19.7. The van der Waals surface area contributed by atoms with Gasteiger partial charge in [-0.15, -0.1) is 0 Å². The lowest BCUT2D eigenvalue weighted by atomic mass is 10.1. The molecule has 0 bridgehead atoms. The summed E-state index contributed by atoms with van der Waals surface area (Å²) >= 11 is 0. The minimum atomic E-state index is -3.48. The first-order valence-corrected chi connectivity index (χ1v) is 10.4. The van der Waals surface area contributed by atoms with E-state index in [4.69, 9.17) is 4.74 Å². The lowest BCUT2D eigenvalue weighted by molar-refractivity contribution is -0.121. The topological polar surface area (TPSA) is 84.5 Å². The number of rotatable bonds is 10. The van der Waals surface area contributed by atoms with Crippen molar-refractivity contribution in [3.05, 3.63) is 59.7 Å². The van der Waals surface area contributed by atoms with Gasteiger partial charge in [0.05, 0.1) is 11.4 Å². The number of sulfonamides is 1. The molecule has 2 N–H and O–H groups in total. The smallest absolute Gasteiger partial charge is 0.240 e. The Kier molecular flexibility index (Phi) is 7.82. The molecule has 0 saturated carbocycles. The van der Waals surface area contributed by atoms with Gasteiger partial charge >= 0.3 is 0 Å². The monoisotopic (exact) mass is 390 g/mol. The van der Waals surface area contributed by atoms with Crippen LogP contribution in [0.5, 0.6) is 5.75 Å². The van der Waals surface area contributed by atoms with Gasteiger partial charge in [-0.1, -0.05) is 37.3 Å². The number of carbonyl (C=O) groups excluding carboxylic acids is 1. The molecule has 146 valence electrons. The highest BCUT2D eigenvalue weighted by Crippen LogP contribution is 2.21. The van der Waals surface area contributed by atoms with Gasteiger partial charge in [-0.2, -0.15) is 0 Å². The van der Waals surface area contributed by atoms with Crippen LogP contribution in [0.3, 0.4) is 0 Å². The summed E-state index contributed by atoms with van der Waals surface area (Å²) in [5.41, 5.74) is 1.86. The molecule has 0 saturated heterocycles. The molecule has 0 radical (unpaired) electrons. The molecule has 0 aromatic heterocycles. The Hall–Kier alpha value is -2.38. The van der Waals surface area contributed by atoms with E-state index in [9.17, 15) is 13.2 Å². The average Bonchev–Trinajstić information content (AvgIpc) is 2.65. The van der Waals surface area contributed by atoms with E-state index in [1.165, 1.54) is 6.07 Å². The highest BCUT2D eigenvalue weighted by atomic mass is 32.2. The summed E-state index contributed by atoms with van der Waals surface area (Å²) in [5, 5.41) is 2.83. The minimum Gasteiger partial charge on any atom is -0.491 e. The molecule has 27 heavy (non-hydrogen) atoms. The second-order valence-electron chi connectivity index (χ2n) is 6.11. The van der Waals surface area contributed by atoms with Crippen molar-refractivity contribution >= 4 is 15.9 Å². The third kappa shape index (κ3) is 6.69. The molecule has 0 atom stereocenters. The third-order valence-corrected chi connectivity index (χ3v) is 5.50. The predicted molar refractivity (Wildman–Crippen MR) is 105 cm³/mol. The van der Waals surface area contributed by atoms with Crippen LogP contribution in [0.4, 0.5) is 0 Å². The van der Waals surface area contributed by atoms with E-state index in [-0.39, 0.29) is 10.8 Å². The second kappa shape index (κ2) is 10.1. The lowest BCUT2D eigenvalue weighted by Gasteiger charge is -2.12. The summed E-state index contributed by atoms with van der Waals surface area (Å²) in [6.45, 7) is 4.57. The number of nitrogens with one attached hydrogen (secondary N) is 2. The van der Waals surface area contributed by atoms with E-state index in [2.05, 4.69) is 10.0 Å². The molecule has 0 heterocycles. The van der Waals surface area contributed by atoms with E-state index >= 15 is 0 Å².